The van der Waals surface area contributed by atoms with Gasteiger partial charge in [-0.25, -0.2) is 8.42 Å². The average Bonchev–Trinajstić information content (AvgIpc) is 2.60. The van der Waals surface area contributed by atoms with E-state index >= 15 is 0 Å². The molecule has 0 atom stereocenters. The minimum atomic E-state index is -5.09. The first kappa shape index (κ1) is 28.8. The Morgan fingerprint density at radius 2 is 1.31 bits per heavy atom. The van der Waals surface area contributed by atoms with Crippen molar-refractivity contribution < 1.29 is 55.5 Å². The van der Waals surface area contributed by atoms with Gasteiger partial charge in [0.05, 0.1) is 4.90 Å². The molecule has 2 aromatic rings. The summed E-state index contributed by atoms with van der Waals surface area (Å²) in [5, 5.41) is 0. The topological polar surface area (TPSA) is 229 Å². The van der Waals surface area contributed by atoms with E-state index in [1.165, 1.54) is 34.1 Å². The molecule has 0 aliphatic carbocycles. The monoisotopic (exact) mass is 446 g/mol. The summed E-state index contributed by atoms with van der Waals surface area (Å²) in [6, 6.07) is 12.2. The van der Waals surface area contributed by atoms with E-state index in [-0.39, 0.29) is 35.1 Å². The van der Waals surface area contributed by atoms with Crippen LogP contribution < -0.4 is 29.6 Å². The van der Waals surface area contributed by atoms with Gasteiger partial charge in [0, 0.05) is 0 Å². The number of nitrogens with zero attached hydrogens (tertiary/aromatic N) is 6. The molecule has 0 fully saturated rings. The van der Waals surface area contributed by atoms with Crippen LogP contribution in [0.2, 0.25) is 0 Å². The Labute approximate surface area is 188 Å². The Hall–Kier alpha value is -2.38. The maximum Gasteiger partial charge on any atom is 1.00 e. The molecule has 12 nitrogen and oxygen atoms in total. The number of benzene rings is 2. The zero-order valence-electron chi connectivity index (χ0n) is 14.8. The largest absolute Gasteiger partial charge is 1.00 e. The van der Waals surface area contributed by atoms with Gasteiger partial charge in [-0.15, -0.1) is 0 Å². The molecule has 0 saturated heterocycles. The first-order chi connectivity index (χ1) is 13.0. The van der Waals surface area contributed by atoms with Crippen LogP contribution in [-0.4, -0.2) is 25.9 Å². The molecule has 0 aromatic heterocycles. The van der Waals surface area contributed by atoms with Crippen LogP contribution in [0.1, 0.15) is 11.1 Å². The summed E-state index contributed by atoms with van der Waals surface area (Å²) in [4.78, 5) is 1.10. The third-order valence-electron chi connectivity index (χ3n) is 2.79. The third kappa shape index (κ3) is 10.7. The van der Waals surface area contributed by atoms with E-state index in [0.717, 1.165) is 11.6 Å². The second-order valence-electron chi connectivity index (χ2n) is 4.53. The van der Waals surface area contributed by atoms with Crippen molar-refractivity contribution >= 4 is 32.4 Å². The maximum absolute atomic E-state index is 11.4. The zero-order chi connectivity index (χ0) is 21.8. The Balaban J connectivity index is 0. The molecule has 0 saturated carbocycles. The van der Waals surface area contributed by atoms with E-state index in [1.54, 1.807) is 30.3 Å². The summed E-state index contributed by atoms with van der Waals surface area (Å²) in [6.07, 6.45) is 2.83. The van der Waals surface area contributed by atoms with Gasteiger partial charge in [-0.3, -0.25) is 14.4 Å². The van der Waals surface area contributed by atoms with Gasteiger partial charge in [-0.05, 0) is 17.2 Å². The molecule has 2 rings (SSSR count). The quantitative estimate of drug-likeness (QED) is 0.177. The van der Waals surface area contributed by atoms with E-state index in [0.29, 0.717) is 0 Å². The number of hydrogen-bond donors (Lipinski definition) is 1. The molecule has 29 heavy (non-hydrogen) atoms. The molecule has 0 spiro atoms. The molecule has 148 valence electrons. The van der Waals surface area contributed by atoms with Crippen LogP contribution in [0.3, 0.4) is 0 Å². The summed E-state index contributed by atoms with van der Waals surface area (Å²) in [7, 11) is -9.93. The van der Waals surface area contributed by atoms with Crippen LogP contribution in [0.4, 0.5) is 0 Å². The summed E-state index contributed by atoms with van der Waals surface area (Å²) in [6.45, 7) is 0. The van der Waals surface area contributed by atoms with Gasteiger partial charge in [0.2, 0.25) is 0 Å². The molecule has 0 bridgehead atoms. The summed E-state index contributed by atoms with van der Waals surface area (Å²) in [5.74, 6) is 0. The predicted molar refractivity (Wildman–Crippen MR) is 99.7 cm³/mol. The Kier molecular flexibility index (Phi) is 13.7. The van der Waals surface area contributed by atoms with Crippen LogP contribution in [0, 0.1) is 0 Å². The molecule has 1 N–H and O–H groups in total. The van der Waals surface area contributed by atoms with Gasteiger partial charge in [0.25, 0.3) is 10.1 Å². The van der Waals surface area contributed by atoms with E-state index in [2.05, 4.69) is 0 Å². The molecule has 0 amide bonds. The smallest absolute Gasteiger partial charge is 0.744 e. The van der Waals surface area contributed by atoms with Crippen LogP contribution >= 0.6 is 0 Å². The predicted octanol–water partition coefficient (Wildman–Crippen LogP) is 0.744. The van der Waals surface area contributed by atoms with E-state index in [1.807, 2.05) is 0 Å². The first-order valence-electron chi connectivity index (χ1n) is 6.79. The second-order valence-corrected chi connectivity index (χ2v) is 7.23. The summed E-state index contributed by atoms with van der Waals surface area (Å²) >= 11 is 0. The molecule has 15 heteroatoms. The Morgan fingerprint density at radius 3 is 1.72 bits per heavy atom. The van der Waals surface area contributed by atoms with E-state index < -0.39 is 30.0 Å². The van der Waals surface area contributed by atoms with Crippen molar-refractivity contribution in [2.45, 2.75) is 9.79 Å². The molecule has 2 aromatic carbocycles. The van der Waals surface area contributed by atoms with Gasteiger partial charge in [-0.1, -0.05) is 54.6 Å². The number of rotatable bonds is 4. The minimum Gasteiger partial charge on any atom is -0.744 e. The van der Waals surface area contributed by atoms with Gasteiger partial charge < -0.3 is 26.7 Å². The summed E-state index contributed by atoms with van der Waals surface area (Å²) < 4.78 is 65.7. The van der Waals surface area contributed by atoms with Crippen LogP contribution in [0.25, 0.3) is 44.1 Å². The molecule has 0 heterocycles. The first-order valence-corrected chi connectivity index (χ1v) is 9.64. The van der Waals surface area contributed by atoms with Crippen molar-refractivity contribution in [3.63, 3.8) is 0 Å². The van der Waals surface area contributed by atoms with Crippen molar-refractivity contribution in [3.05, 3.63) is 91.6 Å². The van der Waals surface area contributed by atoms with Crippen molar-refractivity contribution in [1.29, 1.82) is 0 Å². The van der Waals surface area contributed by atoms with E-state index in [4.69, 9.17) is 26.7 Å². The Morgan fingerprint density at radius 1 is 0.828 bits per heavy atom. The molecule has 0 aliphatic rings. The van der Waals surface area contributed by atoms with Gasteiger partial charge in [0.15, 0.2) is 0 Å². The molecule has 0 radical (unpaired) electrons. The average molecular weight is 446 g/mol. The SMILES string of the molecule is O=S(=O)([O-])c1c(C=Cc2ccccc2)cccc1S(=O)(=O)O.[N-]=[N+]=[N-].[N-]=[N+]=[N-].[Na+]. The van der Waals surface area contributed by atoms with Crippen molar-refractivity contribution in [2.24, 2.45) is 0 Å². The fraction of sp³-hybridized carbons (Fsp3) is 0. The summed E-state index contributed by atoms with van der Waals surface area (Å²) in [5.41, 5.74) is 27.6. The van der Waals surface area contributed by atoms with Crippen molar-refractivity contribution in [1.82, 2.24) is 0 Å². The molecular formula is C14H11N6NaO6S2-2. The molecular weight excluding hydrogens is 435 g/mol. The van der Waals surface area contributed by atoms with Gasteiger partial charge >= 0.3 is 29.6 Å². The minimum absolute atomic E-state index is 0. The maximum atomic E-state index is 11.4. The molecule has 0 unspecified atom stereocenters. The van der Waals surface area contributed by atoms with Crippen LogP contribution in [-0.2, 0) is 20.2 Å². The van der Waals surface area contributed by atoms with Crippen molar-refractivity contribution in [2.75, 3.05) is 0 Å². The van der Waals surface area contributed by atoms with Crippen LogP contribution in [0.5, 0.6) is 0 Å². The molecule has 0 aliphatic heterocycles. The standard InChI is InChI=1S/C14H12O6S2.2N3.Na/c15-21(16,17)13-8-4-7-12(14(13)22(18,19)20)10-9-11-5-2-1-3-6-11;2*1-3-2;/h1-10H,(H,15,16,17)(H,18,19,20);;;/q;2*-1;+1/p-1. The fourth-order valence-corrected chi connectivity index (χ4v) is 3.85. The van der Waals surface area contributed by atoms with Gasteiger partial charge in [-0.2, -0.15) is 8.42 Å². The second kappa shape index (κ2) is 13.7. The number of hydrogen-bond acceptors (Lipinski definition) is 5. The zero-order valence-corrected chi connectivity index (χ0v) is 18.4. The third-order valence-corrected chi connectivity index (χ3v) is 4.77. The van der Waals surface area contributed by atoms with E-state index in [9.17, 15) is 21.4 Å². The van der Waals surface area contributed by atoms with Gasteiger partial charge in [0.1, 0.15) is 15.0 Å². The Bertz CT molecular complexity index is 1100. The van der Waals surface area contributed by atoms with Crippen LogP contribution in [0.15, 0.2) is 58.3 Å². The fourth-order valence-electron chi connectivity index (χ4n) is 1.88. The normalized spacial score (nSPS) is 10.1. The van der Waals surface area contributed by atoms with Crippen molar-refractivity contribution in [3.8, 4) is 0 Å².